The van der Waals surface area contributed by atoms with Gasteiger partial charge in [0.1, 0.15) is 0 Å². The van der Waals surface area contributed by atoms with Crippen molar-refractivity contribution >= 4 is 11.6 Å². The maximum absolute atomic E-state index is 11.7. The Bertz CT molecular complexity index is 816. The molecule has 0 spiro atoms. The smallest absolute Gasteiger partial charge is 0.217 e. The number of piperidine rings is 1. The van der Waals surface area contributed by atoms with Crippen molar-refractivity contribution in [1.29, 1.82) is 0 Å². The van der Waals surface area contributed by atoms with Gasteiger partial charge in [-0.2, -0.15) is 0 Å². The van der Waals surface area contributed by atoms with Gasteiger partial charge in [0.15, 0.2) is 0 Å². The minimum Gasteiger partial charge on any atom is -0.390 e. The second-order valence-electron chi connectivity index (χ2n) is 8.03. The highest BCUT2D eigenvalue weighted by Crippen LogP contribution is 2.44. The van der Waals surface area contributed by atoms with E-state index in [0.29, 0.717) is 13.0 Å². The fraction of sp³-hybridized carbons (Fsp3) is 0.435. The van der Waals surface area contributed by atoms with Gasteiger partial charge in [-0.15, -0.1) is 0 Å². The average Bonchev–Trinajstić information content (AvgIpc) is 2.73. The highest BCUT2D eigenvalue weighted by Gasteiger charge is 2.43. The number of anilines is 1. The van der Waals surface area contributed by atoms with E-state index in [1.807, 2.05) is 30.3 Å². The molecule has 3 aliphatic heterocycles. The standard InChI is InChI=1S/C23H29N3O2/c1-17(27)25-20(15-18-7-3-2-4-8-18)22(28)16-24-23-11-13-26(14-12-23)21-10-6-5-9-19(21)23/h2-10,20,22,24,28H,11-16H2,1H3,(H,25,27)/t20-,22+/m0/s1. The molecule has 5 heteroatoms. The Kier molecular flexibility index (Phi) is 5.38. The molecule has 28 heavy (non-hydrogen) atoms. The van der Waals surface area contributed by atoms with Crippen molar-refractivity contribution < 1.29 is 9.90 Å². The Morgan fingerprint density at radius 1 is 1.11 bits per heavy atom. The molecule has 0 saturated carbocycles. The lowest BCUT2D eigenvalue weighted by Gasteiger charge is -2.51. The zero-order valence-electron chi connectivity index (χ0n) is 16.4. The molecule has 148 valence electrons. The van der Waals surface area contributed by atoms with Gasteiger partial charge < -0.3 is 20.6 Å². The quantitative estimate of drug-likeness (QED) is 0.690. The van der Waals surface area contributed by atoms with E-state index in [1.54, 1.807) is 0 Å². The number of rotatable bonds is 7. The van der Waals surface area contributed by atoms with Crippen LogP contribution in [0.15, 0.2) is 54.6 Å². The minimum atomic E-state index is -0.661. The summed E-state index contributed by atoms with van der Waals surface area (Å²) in [6.45, 7) is 4.04. The first-order valence-electron chi connectivity index (χ1n) is 10.2. The molecule has 0 aliphatic carbocycles. The van der Waals surface area contributed by atoms with E-state index in [9.17, 15) is 9.90 Å². The molecule has 2 bridgehead atoms. The van der Waals surface area contributed by atoms with Crippen LogP contribution < -0.4 is 15.5 Å². The number of benzene rings is 2. The van der Waals surface area contributed by atoms with Crippen LogP contribution in [-0.2, 0) is 16.8 Å². The molecular weight excluding hydrogens is 350 g/mol. The SMILES string of the molecule is CC(=O)N[C@@H](Cc1ccccc1)[C@H](O)CNC12CCN(CC1)c1ccccc12. The van der Waals surface area contributed by atoms with E-state index >= 15 is 0 Å². The summed E-state index contributed by atoms with van der Waals surface area (Å²) in [7, 11) is 0. The van der Waals surface area contributed by atoms with Crippen LogP contribution in [0.3, 0.4) is 0 Å². The summed E-state index contributed by atoms with van der Waals surface area (Å²) in [5.74, 6) is -0.116. The van der Waals surface area contributed by atoms with Crippen LogP contribution in [0.4, 0.5) is 5.69 Å². The second-order valence-corrected chi connectivity index (χ2v) is 8.03. The number of aliphatic hydroxyl groups is 1. The number of nitrogens with zero attached hydrogens (tertiary/aromatic N) is 1. The van der Waals surface area contributed by atoms with E-state index in [1.165, 1.54) is 18.2 Å². The number of nitrogens with one attached hydrogen (secondary N) is 2. The zero-order chi connectivity index (χ0) is 19.6. The Hall–Kier alpha value is -2.37. The summed E-state index contributed by atoms with van der Waals surface area (Å²) in [5, 5.41) is 17.6. The highest BCUT2D eigenvalue weighted by atomic mass is 16.3. The van der Waals surface area contributed by atoms with E-state index in [-0.39, 0.29) is 17.5 Å². The number of carbonyl (C=O) groups excluding carboxylic acids is 1. The van der Waals surface area contributed by atoms with Gasteiger partial charge in [-0.1, -0.05) is 48.5 Å². The number of aliphatic hydroxyl groups excluding tert-OH is 1. The Morgan fingerprint density at radius 3 is 2.50 bits per heavy atom. The fourth-order valence-corrected chi connectivity index (χ4v) is 4.68. The van der Waals surface area contributed by atoms with Gasteiger partial charge >= 0.3 is 0 Å². The van der Waals surface area contributed by atoms with Crippen LogP contribution in [-0.4, -0.2) is 42.8 Å². The second kappa shape index (κ2) is 7.94. The molecular formula is C23H29N3O2. The number of carbonyl (C=O) groups is 1. The van der Waals surface area contributed by atoms with Crippen molar-refractivity contribution in [2.45, 2.75) is 43.9 Å². The van der Waals surface area contributed by atoms with Crippen LogP contribution in [0, 0.1) is 0 Å². The van der Waals surface area contributed by atoms with Crippen LogP contribution in [0.1, 0.15) is 30.9 Å². The normalized spacial score (nSPS) is 19.0. The molecule has 0 radical (unpaired) electrons. The van der Waals surface area contributed by atoms with Crippen LogP contribution in [0.5, 0.6) is 0 Å². The van der Waals surface area contributed by atoms with Crippen molar-refractivity contribution in [3.05, 3.63) is 65.7 Å². The molecule has 2 aromatic rings. The Labute approximate surface area is 166 Å². The molecule has 1 fully saturated rings. The summed E-state index contributed by atoms with van der Waals surface area (Å²) in [4.78, 5) is 14.1. The first kappa shape index (κ1) is 19.0. The number of hydrogen-bond donors (Lipinski definition) is 3. The molecule has 0 unspecified atom stereocenters. The third-order valence-corrected chi connectivity index (χ3v) is 6.18. The molecule has 5 nitrogen and oxygen atoms in total. The van der Waals surface area contributed by atoms with Gasteiger partial charge in [0.25, 0.3) is 0 Å². The number of fused-ring (bicyclic) bond motifs is 2. The number of hydrogen-bond acceptors (Lipinski definition) is 4. The topological polar surface area (TPSA) is 64.6 Å². The van der Waals surface area contributed by atoms with E-state index < -0.39 is 6.10 Å². The predicted octanol–water partition coefficient (Wildman–Crippen LogP) is 2.19. The molecule has 1 saturated heterocycles. The maximum atomic E-state index is 11.7. The Balaban J connectivity index is 1.47. The molecule has 2 aromatic carbocycles. The average molecular weight is 380 g/mol. The van der Waals surface area contributed by atoms with Gasteiger partial charge in [-0.05, 0) is 36.5 Å². The summed E-state index contributed by atoms with van der Waals surface area (Å²) in [5.41, 5.74) is 3.66. The zero-order valence-corrected chi connectivity index (χ0v) is 16.4. The lowest BCUT2D eigenvalue weighted by Crippen LogP contribution is -2.59. The first-order valence-corrected chi connectivity index (χ1v) is 10.2. The van der Waals surface area contributed by atoms with Crippen molar-refractivity contribution in [3.8, 4) is 0 Å². The van der Waals surface area contributed by atoms with Gasteiger partial charge in [0, 0.05) is 37.8 Å². The first-order chi connectivity index (χ1) is 13.6. The molecule has 5 rings (SSSR count). The minimum absolute atomic E-state index is 0.0835. The molecule has 2 atom stereocenters. The molecule has 3 N–H and O–H groups in total. The lowest BCUT2D eigenvalue weighted by atomic mass is 9.75. The van der Waals surface area contributed by atoms with Crippen molar-refractivity contribution in [2.24, 2.45) is 0 Å². The van der Waals surface area contributed by atoms with Gasteiger partial charge in [-0.3, -0.25) is 4.79 Å². The summed E-state index contributed by atoms with van der Waals surface area (Å²) in [6.07, 6.45) is 2.03. The molecule has 3 aliphatic rings. The van der Waals surface area contributed by atoms with Crippen molar-refractivity contribution in [1.82, 2.24) is 10.6 Å². The van der Waals surface area contributed by atoms with E-state index in [4.69, 9.17) is 0 Å². The number of para-hydroxylation sites is 1. The van der Waals surface area contributed by atoms with Gasteiger partial charge in [-0.25, -0.2) is 0 Å². The van der Waals surface area contributed by atoms with E-state index in [2.05, 4.69) is 39.8 Å². The monoisotopic (exact) mass is 379 g/mol. The third-order valence-electron chi connectivity index (χ3n) is 6.18. The van der Waals surface area contributed by atoms with Crippen LogP contribution in [0.2, 0.25) is 0 Å². The highest BCUT2D eigenvalue weighted by molar-refractivity contribution is 5.73. The molecule has 1 amide bonds. The molecule has 3 heterocycles. The van der Waals surface area contributed by atoms with Gasteiger partial charge in [0.05, 0.1) is 12.1 Å². The van der Waals surface area contributed by atoms with Crippen LogP contribution in [0.25, 0.3) is 0 Å². The molecule has 0 aromatic heterocycles. The lowest BCUT2D eigenvalue weighted by molar-refractivity contribution is -0.120. The van der Waals surface area contributed by atoms with Crippen LogP contribution >= 0.6 is 0 Å². The third kappa shape index (κ3) is 3.77. The fourth-order valence-electron chi connectivity index (χ4n) is 4.68. The largest absolute Gasteiger partial charge is 0.390 e. The number of amides is 1. The summed E-state index contributed by atoms with van der Waals surface area (Å²) in [6, 6.07) is 18.3. The van der Waals surface area contributed by atoms with Gasteiger partial charge in [0.2, 0.25) is 5.91 Å². The summed E-state index contributed by atoms with van der Waals surface area (Å²) < 4.78 is 0. The predicted molar refractivity (Wildman–Crippen MR) is 111 cm³/mol. The maximum Gasteiger partial charge on any atom is 0.217 e. The Morgan fingerprint density at radius 2 is 1.79 bits per heavy atom. The summed E-state index contributed by atoms with van der Waals surface area (Å²) >= 11 is 0. The van der Waals surface area contributed by atoms with E-state index in [0.717, 1.165) is 31.5 Å². The van der Waals surface area contributed by atoms with Crippen molar-refractivity contribution in [2.75, 3.05) is 24.5 Å². The van der Waals surface area contributed by atoms with Crippen molar-refractivity contribution in [3.63, 3.8) is 0 Å².